The SMILES string of the molecule is C=C(N)NCCC[C@H](NC(=O)[C@H](C)NC(C)=O)C(=O)N[C@@H](C)C(=O)Nc1ccccc1. The number of benzene rings is 1. The standard InChI is InChI=1S/C21H32N6O4/c1-13(24-16(4)28)20(30)27-18(11-8-12-23-15(3)22)21(31)25-14(2)19(29)26-17-9-6-5-7-10-17/h5-7,9-10,13-14,18,23H,3,8,11-12,22H2,1-2,4H3,(H,24,28)(H,25,31)(H,26,29)(H,27,30)/t13-,14-,18-/m0/s1. The maximum atomic E-state index is 12.8. The Balaban J connectivity index is 2.73. The summed E-state index contributed by atoms with van der Waals surface area (Å²) in [5.41, 5.74) is 6.07. The highest BCUT2D eigenvalue weighted by Crippen LogP contribution is 2.06. The second-order valence-electron chi connectivity index (χ2n) is 7.16. The summed E-state index contributed by atoms with van der Waals surface area (Å²) >= 11 is 0. The summed E-state index contributed by atoms with van der Waals surface area (Å²) in [6, 6.07) is 6.31. The lowest BCUT2D eigenvalue weighted by molar-refractivity contribution is -0.132. The minimum Gasteiger partial charge on any atom is -0.386 e. The molecule has 4 amide bonds. The molecule has 31 heavy (non-hydrogen) atoms. The fourth-order valence-corrected chi connectivity index (χ4v) is 2.64. The molecule has 0 aliphatic rings. The van der Waals surface area contributed by atoms with E-state index in [2.05, 4.69) is 33.2 Å². The van der Waals surface area contributed by atoms with Crippen LogP contribution in [0.15, 0.2) is 42.7 Å². The predicted molar refractivity (Wildman–Crippen MR) is 118 cm³/mol. The van der Waals surface area contributed by atoms with Crippen LogP contribution >= 0.6 is 0 Å². The molecule has 0 heterocycles. The first-order valence-corrected chi connectivity index (χ1v) is 10.0. The molecule has 0 aromatic heterocycles. The molecule has 0 radical (unpaired) electrons. The van der Waals surface area contributed by atoms with Gasteiger partial charge in [0.05, 0.1) is 5.82 Å². The Kier molecular flexibility index (Phi) is 10.6. The van der Waals surface area contributed by atoms with Crippen LogP contribution in [0.3, 0.4) is 0 Å². The molecule has 170 valence electrons. The number of anilines is 1. The van der Waals surface area contributed by atoms with Gasteiger partial charge in [-0.15, -0.1) is 0 Å². The molecular weight excluding hydrogens is 400 g/mol. The van der Waals surface area contributed by atoms with Gasteiger partial charge in [-0.05, 0) is 38.8 Å². The molecule has 0 saturated carbocycles. The van der Waals surface area contributed by atoms with Crippen LogP contribution in [0.5, 0.6) is 0 Å². The number of nitrogens with one attached hydrogen (secondary N) is 5. The van der Waals surface area contributed by atoms with Crippen LogP contribution in [0.2, 0.25) is 0 Å². The van der Waals surface area contributed by atoms with E-state index in [0.29, 0.717) is 24.5 Å². The Labute approximate surface area is 182 Å². The Morgan fingerprint density at radius 3 is 2.13 bits per heavy atom. The van der Waals surface area contributed by atoms with Crippen molar-refractivity contribution in [3.63, 3.8) is 0 Å². The highest BCUT2D eigenvalue weighted by atomic mass is 16.2. The van der Waals surface area contributed by atoms with Crippen molar-refractivity contribution in [2.75, 3.05) is 11.9 Å². The van der Waals surface area contributed by atoms with Crippen molar-refractivity contribution >= 4 is 29.3 Å². The summed E-state index contributed by atoms with van der Waals surface area (Å²) in [5, 5.41) is 13.3. The largest absolute Gasteiger partial charge is 0.386 e. The number of carbonyl (C=O) groups excluding carboxylic acids is 4. The van der Waals surface area contributed by atoms with Crippen molar-refractivity contribution in [2.45, 2.75) is 51.7 Å². The molecule has 0 aliphatic carbocycles. The van der Waals surface area contributed by atoms with Gasteiger partial charge >= 0.3 is 0 Å². The molecule has 0 saturated heterocycles. The Hall–Kier alpha value is -3.56. The minimum atomic E-state index is -0.900. The van der Waals surface area contributed by atoms with E-state index < -0.39 is 35.8 Å². The molecule has 0 aliphatic heterocycles. The number of amides is 4. The van der Waals surface area contributed by atoms with Crippen molar-refractivity contribution < 1.29 is 19.2 Å². The number of rotatable bonds is 12. The Morgan fingerprint density at radius 1 is 0.935 bits per heavy atom. The van der Waals surface area contributed by atoms with Crippen LogP contribution in [0.25, 0.3) is 0 Å². The van der Waals surface area contributed by atoms with Crippen LogP contribution < -0.4 is 32.3 Å². The van der Waals surface area contributed by atoms with E-state index in [9.17, 15) is 19.2 Å². The topological polar surface area (TPSA) is 154 Å². The zero-order valence-corrected chi connectivity index (χ0v) is 18.2. The highest BCUT2D eigenvalue weighted by Gasteiger charge is 2.26. The van der Waals surface area contributed by atoms with E-state index in [1.807, 2.05) is 6.07 Å². The quantitative estimate of drug-likeness (QED) is 0.254. The second-order valence-corrected chi connectivity index (χ2v) is 7.16. The van der Waals surface area contributed by atoms with Crippen LogP contribution in [-0.2, 0) is 19.2 Å². The molecule has 1 aromatic carbocycles. The Bertz CT molecular complexity index is 783. The lowest BCUT2D eigenvalue weighted by Gasteiger charge is -2.23. The van der Waals surface area contributed by atoms with Gasteiger partial charge in [0, 0.05) is 19.2 Å². The first-order chi connectivity index (χ1) is 14.6. The third kappa shape index (κ3) is 10.2. The van der Waals surface area contributed by atoms with Gasteiger partial charge in [-0.1, -0.05) is 24.8 Å². The van der Waals surface area contributed by atoms with Crippen molar-refractivity contribution in [1.82, 2.24) is 21.3 Å². The highest BCUT2D eigenvalue weighted by molar-refractivity contribution is 5.98. The van der Waals surface area contributed by atoms with E-state index in [1.165, 1.54) is 13.8 Å². The average molecular weight is 433 g/mol. The van der Waals surface area contributed by atoms with E-state index in [1.54, 1.807) is 31.2 Å². The minimum absolute atomic E-state index is 0.289. The van der Waals surface area contributed by atoms with Crippen LogP contribution in [0.1, 0.15) is 33.6 Å². The molecule has 0 bridgehead atoms. The van der Waals surface area contributed by atoms with Gasteiger partial charge in [-0.2, -0.15) is 0 Å². The van der Waals surface area contributed by atoms with Gasteiger partial charge in [0.15, 0.2) is 0 Å². The maximum Gasteiger partial charge on any atom is 0.246 e. The van der Waals surface area contributed by atoms with Gasteiger partial charge in [0.25, 0.3) is 0 Å². The van der Waals surface area contributed by atoms with Crippen LogP contribution in [0.4, 0.5) is 5.69 Å². The molecule has 0 fully saturated rings. The summed E-state index contributed by atoms with van der Waals surface area (Å²) < 4.78 is 0. The number of hydrogen-bond donors (Lipinski definition) is 6. The number of nitrogens with two attached hydrogens (primary N) is 1. The first kappa shape index (κ1) is 25.5. The average Bonchev–Trinajstić information content (AvgIpc) is 2.69. The monoisotopic (exact) mass is 432 g/mol. The Morgan fingerprint density at radius 2 is 1.55 bits per heavy atom. The maximum absolute atomic E-state index is 12.8. The zero-order valence-electron chi connectivity index (χ0n) is 18.2. The molecule has 0 unspecified atom stereocenters. The zero-order chi connectivity index (χ0) is 23.4. The lowest BCUT2D eigenvalue weighted by atomic mass is 10.1. The third-order valence-corrected chi connectivity index (χ3v) is 4.26. The van der Waals surface area contributed by atoms with Gasteiger partial charge in [-0.25, -0.2) is 0 Å². The summed E-state index contributed by atoms with van der Waals surface area (Å²) in [7, 11) is 0. The number of carbonyl (C=O) groups is 4. The first-order valence-electron chi connectivity index (χ1n) is 10.0. The van der Waals surface area contributed by atoms with Crippen LogP contribution in [-0.4, -0.2) is 48.3 Å². The lowest BCUT2D eigenvalue weighted by Crippen LogP contribution is -2.55. The summed E-state index contributed by atoms with van der Waals surface area (Å²) in [4.78, 5) is 48.7. The molecule has 3 atom stereocenters. The predicted octanol–water partition coefficient (Wildman–Crippen LogP) is -0.0611. The third-order valence-electron chi connectivity index (χ3n) is 4.26. The van der Waals surface area contributed by atoms with Gasteiger partial charge < -0.3 is 32.3 Å². The summed E-state index contributed by atoms with van der Waals surface area (Å²) in [6.07, 6.45) is 0.797. The van der Waals surface area contributed by atoms with E-state index >= 15 is 0 Å². The van der Waals surface area contributed by atoms with Crippen molar-refractivity contribution in [3.05, 3.63) is 42.7 Å². The normalized spacial score (nSPS) is 13.1. The summed E-state index contributed by atoms with van der Waals surface area (Å²) in [6.45, 7) is 8.35. The van der Waals surface area contributed by atoms with Gasteiger partial charge in [-0.3, -0.25) is 19.2 Å². The molecule has 1 rings (SSSR count). The van der Waals surface area contributed by atoms with Crippen LogP contribution in [0, 0.1) is 0 Å². The summed E-state index contributed by atoms with van der Waals surface area (Å²) in [5.74, 6) is -1.47. The second kappa shape index (κ2) is 12.9. The number of para-hydroxylation sites is 1. The molecule has 0 spiro atoms. The van der Waals surface area contributed by atoms with Crippen molar-refractivity contribution in [1.29, 1.82) is 0 Å². The van der Waals surface area contributed by atoms with E-state index in [-0.39, 0.29) is 12.3 Å². The smallest absolute Gasteiger partial charge is 0.246 e. The fourth-order valence-electron chi connectivity index (χ4n) is 2.64. The molecule has 1 aromatic rings. The van der Waals surface area contributed by atoms with Gasteiger partial charge in [0.1, 0.15) is 18.1 Å². The van der Waals surface area contributed by atoms with Crippen molar-refractivity contribution in [2.24, 2.45) is 5.73 Å². The molecule has 10 heteroatoms. The van der Waals surface area contributed by atoms with Crippen molar-refractivity contribution in [3.8, 4) is 0 Å². The van der Waals surface area contributed by atoms with Gasteiger partial charge in [0.2, 0.25) is 23.6 Å². The molecule has 7 N–H and O–H groups in total. The fraction of sp³-hybridized carbons (Fsp3) is 0.429. The molecule has 10 nitrogen and oxygen atoms in total. The molecular formula is C21H32N6O4. The number of hydrogen-bond acceptors (Lipinski definition) is 6. The van der Waals surface area contributed by atoms with E-state index in [0.717, 1.165) is 0 Å². The van der Waals surface area contributed by atoms with E-state index in [4.69, 9.17) is 5.73 Å².